The van der Waals surface area contributed by atoms with E-state index in [1.54, 1.807) is 13.4 Å². The van der Waals surface area contributed by atoms with E-state index < -0.39 is 0 Å². The van der Waals surface area contributed by atoms with Crippen LogP contribution in [0.15, 0.2) is 85.6 Å². The highest BCUT2D eigenvalue weighted by atomic mass is 16.5. The van der Waals surface area contributed by atoms with Crippen LogP contribution in [0.2, 0.25) is 0 Å². The molecule has 2 aromatic carbocycles. The predicted molar refractivity (Wildman–Crippen MR) is 141 cm³/mol. The summed E-state index contributed by atoms with van der Waals surface area (Å²) in [5.41, 5.74) is 5.59. The lowest BCUT2D eigenvalue weighted by Gasteiger charge is -2.35. The summed E-state index contributed by atoms with van der Waals surface area (Å²) in [6.45, 7) is 3.34. The molecule has 1 aliphatic rings. The normalized spacial score (nSPS) is 13.8. The van der Waals surface area contributed by atoms with Gasteiger partial charge in [0, 0.05) is 56.8 Å². The van der Waals surface area contributed by atoms with E-state index in [-0.39, 0.29) is 0 Å². The van der Waals surface area contributed by atoms with Crippen LogP contribution < -0.4 is 14.5 Å². The Morgan fingerprint density at radius 3 is 2.22 bits per heavy atom. The third kappa shape index (κ3) is 4.45. The first-order valence-electron chi connectivity index (χ1n) is 12.1. The zero-order chi connectivity index (χ0) is 24.3. The molecule has 6 rings (SSSR count). The Hall–Kier alpha value is -4.46. The number of fused-ring (bicyclic) bond motifs is 1. The molecule has 0 unspecified atom stereocenters. The molecule has 8 heteroatoms. The van der Waals surface area contributed by atoms with Crippen LogP contribution in [0, 0.1) is 0 Å². The second-order valence-corrected chi connectivity index (χ2v) is 8.90. The van der Waals surface area contributed by atoms with Gasteiger partial charge in [-0.2, -0.15) is 5.10 Å². The Morgan fingerprint density at radius 2 is 1.50 bits per heavy atom. The molecule has 1 fully saturated rings. The summed E-state index contributed by atoms with van der Waals surface area (Å²) < 4.78 is 7.19. The summed E-state index contributed by atoms with van der Waals surface area (Å²) >= 11 is 0. The van der Waals surface area contributed by atoms with Gasteiger partial charge in [-0.3, -0.25) is 0 Å². The van der Waals surface area contributed by atoms with Gasteiger partial charge in [0.15, 0.2) is 5.82 Å². The third-order valence-corrected chi connectivity index (χ3v) is 6.61. The average molecular weight is 478 g/mol. The monoisotopic (exact) mass is 477 g/mol. The lowest BCUT2D eigenvalue weighted by Crippen LogP contribution is -2.47. The fourth-order valence-corrected chi connectivity index (χ4v) is 4.65. The van der Waals surface area contributed by atoms with Crippen molar-refractivity contribution in [2.45, 2.75) is 6.42 Å². The molecule has 0 spiro atoms. The van der Waals surface area contributed by atoms with Gasteiger partial charge in [-0.15, -0.1) is 0 Å². The van der Waals surface area contributed by atoms with E-state index in [4.69, 9.17) is 4.74 Å². The van der Waals surface area contributed by atoms with Crippen LogP contribution in [0.1, 0.15) is 11.1 Å². The maximum absolute atomic E-state index is 5.29. The molecule has 8 nitrogen and oxygen atoms in total. The molecule has 180 valence electrons. The van der Waals surface area contributed by atoms with Gasteiger partial charge in [-0.25, -0.2) is 19.5 Å². The Morgan fingerprint density at radius 1 is 0.778 bits per heavy atom. The first kappa shape index (κ1) is 22.0. The Balaban J connectivity index is 1.15. The van der Waals surface area contributed by atoms with Gasteiger partial charge in [0.05, 0.1) is 7.11 Å². The zero-order valence-corrected chi connectivity index (χ0v) is 20.2. The summed E-state index contributed by atoms with van der Waals surface area (Å²) in [6, 6.07) is 20.6. The average Bonchev–Trinajstić information content (AvgIpc) is 3.39. The number of ether oxygens (including phenoxy) is 1. The molecule has 0 aliphatic carbocycles. The van der Waals surface area contributed by atoms with Gasteiger partial charge >= 0.3 is 0 Å². The number of piperazine rings is 1. The van der Waals surface area contributed by atoms with Gasteiger partial charge in [-0.05, 0) is 34.9 Å². The summed E-state index contributed by atoms with van der Waals surface area (Å²) in [5, 5.41) is 4.44. The number of benzene rings is 2. The van der Waals surface area contributed by atoms with E-state index in [1.807, 2.05) is 41.3 Å². The number of hydrogen-bond acceptors (Lipinski definition) is 7. The molecule has 0 radical (unpaired) electrons. The molecule has 0 N–H and O–H groups in total. The van der Waals surface area contributed by atoms with Crippen molar-refractivity contribution in [1.82, 2.24) is 24.6 Å². The first-order chi connectivity index (χ1) is 17.8. The van der Waals surface area contributed by atoms with Crippen molar-refractivity contribution < 1.29 is 4.74 Å². The van der Waals surface area contributed by atoms with Gasteiger partial charge in [-0.1, -0.05) is 42.5 Å². The molecule has 1 aliphatic heterocycles. The van der Waals surface area contributed by atoms with E-state index in [9.17, 15) is 0 Å². The largest absolute Gasteiger partial charge is 0.497 e. The van der Waals surface area contributed by atoms with E-state index in [2.05, 4.69) is 72.3 Å². The van der Waals surface area contributed by atoms with Gasteiger partial charge in [0.2, 0.25) is 5.95 Å². The van der Waals surface area contributed by atoms with E-state index in [1.165, 1.54) is 5.56 Å². The summed E-state index contributed by atoms with van der Waals surface area (Å²) in [5.74, 6) is 2.57. The van der Waals surface area contributed by atoms with E-state index in [0.29, 0.717) is 0 Å². The topological polar surface area (TPSA) is 71.7 Å². The Kier molecular flexibility index (Phi) is 5.91. The van der Waals surface area contributed by atoms with Crippen molar-refractivity contribution in [3.63, 3.8) is 0 Å². The first-order valence-corrected chi connectivity index (χ1v) is 12.1. The lowest BCUT2D eigenvalue weighted by atomic mass is 10.1. The van der Waals surface area contributed by atoms with Crippen LogP contribution in [0.4, 0.5) is 11.8 Å². The molecule has 0 atom stereocenters. The number of anilines is 2. The zero-order valence-electron chi connectivity index (χ0n) is 20.2. The van der Waals surface area contributed by atoms with Crippen molar-refractivity contribution in [1.29, 1.82) is 0 Å². The summed E-state index contributed by atoms with van der Waals surface area (Å²) in [6.07, 6.45) is 8.40. The third-order valence-electron chi connectivity index (χ3n) is 6.61. The summed E-state index contributed by atoms with van der Waals surface area (Å²) in [7, 11) is 1.68. The van der Waals surface area contributed by atoms with Crippen LogP contribution in [0.5, 0.6) is 5.75 Å². The van der Waals surface area contributed by atoms with Crippen molar-refractivity contribution in [2.24, 2.45) is 0 Å². The number of rotatable bonds is 6. The van der Waals surface area contributed by atoms with Crippen LogP contribution in [0.25, 0.3) is 16.6 Å². The maximum Gasteiger partial charge on any atom is 0.225 e. The Bertz CT molecular complexity index is 1440. The maximum atomic E-state index is 5.29. The van der Waals surface area contributed by atoms with Crippen LogP contribution in [-0.2, 0) is 6.42 Å². The molecule has 0 bridgehead atoms. The lowest BCUT2D eigenvalue weighted by molar-refractivity contribution is 0.415. The molecule has 3 aromatic heterocycles. The number of nitrogens with zero attached hydrogens (tertiary/aromatic N) is 7. The van der Waals surface area contributed by atoms with Gasteiger partial charge in [0.25, 0.3) is 0 Å². The molecule has 5 aromatic rings. The molecular formula is C28H27N7O. The highest BCUT2D eigenvalue weighted by Gasteiger charge is 2.22. The van der Waals surface area contributed by atoms with Crippen LogP contribution in [0.3, 0.4) is 0 Å². The van der Waals surface area contributed by atoms with E-state index >= 15 is 0 Å². The number of hydrogen-bond donors (Lipinski definition) is 0. The fraction of sp³-hybridized carbons (Fsp3) is 0.214. The van der Waals surface area contributed by atoms with Crippen LogP contribution in [-0.4, -0.2) is 57.9 Å². The second-order valence-electron chi connectivity index (χ2n) is 8.90. The number of aromatic nitrogens is 5. The van der Waals surface area contributed by atoms with Crippen molar-refractivity contribution >= 4 is 17.3 Å². The minimum Gasteiger partial charge on any atom is -0.497 e. The summed E-state index contributed by atoms with van der Waals surface area (Å²) in [4.78, 5) is 18.5. The molecule has 4 heterocycles. The molecule has 0 amide bonds. The minimum atomic E-state index is 0.781. The van der Waals surface area contributed by atoms with Crippen molar-refractivity contribution in [2.75, 3.05) is 43.1 Å². The fourth-order valence-electron chi connectivity index (χ4n) is 4.65. The quantitative estimate of drug-likeness (QED) is 0.364. The SMILES string of the molecule is COc1ccc(-c2cc3c(N4CCN(c5ncc(Cc6ccccc6)cn5)CC4)ncnn3c2)cc1. The molecule has 1 saturated heterocycles. The highest BCUT2D eigenvalue weighted by Crippen LogP contribution is 2.28. The highest BCUT2D eigenvalue weighted by molar-refractivity contribution is 5.78. The minimum absolute atomic E-state index is 0.781. The van der Waals surface area contributed by atoms with E-state index in [0.717, 1.165) is 72.3 Å². The molecular weight excluding hydrogens is 450 g/mol. The van der Waals surface area contributed by atoms with Crippen molar-refractivity contribution in [3.05, 3.63) is 96.7 Å². The van der Waals surface area contributed by atoms with Gasteiger partial charge < -0.3 is 14.5 Å². The second kappa shape index (κ2) is 9.65. The predicted octanol–water partition coefficient (Wildman–Crippen LogP) is 4.11. The number of methoxy groups -OCH3 is 1. The van der Waals surface area contributed by atoms with Crippen molar-refractivity contribution in [3.8, 4) is 16.9 Å². The Labute approximate surface area is 209 Å². The van der Waals surface area contributed by atoms with Gasteiger partial charge in [0.1, 0.15) is 17.6 Å². The molecule has 36 heavy (non-hydrogen) atoms. The smallest absolute Gasteiger partial charge is 0.225 e. The standard InChI is InChI=1S/C28H27N7O/c1-36-25-9-7-23(8-10-25)24-16-26-27(31-20-32-35(26)19-24)33-11-13-34(14-12-33)28-29-17-22(18-30-28)15-21-5-3-2-4-6-21/h2-10,16-20H,11-15H2,1H3. The van der Waals surface area contributed by atoms with Crippen LogP contribution >= 0.6 is 0 Å². The molecule has 0 saturated carbocycles.